The molecule has 0 aliphatic carbocycles. The Balaban J connectivity index is 1.71. The van der Waals surface area contributed by atoms with Crippen LogP contribution in [0.15, 0.2) is 24.5 Å². The van der Waals surface area contributed by atoms with Gasteiger partial charge in [-0.3, -0.25) is 0 Å². The summed E-state index contributed by atoms with van der Waals surface area (Å²) in [4.78, 5) is 7.77. The zero-order chi connectivity index (χ0) is 16.2. The molecule has 0 spiro atoms. The smallest absolute Gasteiger partial charge is 0.387 e. The van der Waals surface area contributed by atoms with E-state index in [0.29, 0.717) is 41.0 Å². The molecule has 0 amide bonds. The largest absolute Gasteiger partial charge is 0.454 e. The van der Waals surface area contributed by atoms with E-state index < -0.39 is 6.61 Å². The zero-order valence-corrected chi connectivity index (χ0v) is 12.5. The lowest BCUT2D eigenvalue weighted by Crippen LogP contribution is -2.09. The minimum Gasteiger partial charge on any atom is -0.454 e. The predicted octanol–water partition coefficient (Wildman–Crippen LogP) is 3.11. The number of alkyl halides is 2. The minimum atomic E-state index is -2.91. The summed E-state index contributed by atoms with van der Waals surface area (Å²) >= 11 is 5.76. The summed E-state index contributed by atoms with van der Waals surface area (Å²) in [6.45, 7) is -2.42. The molecular formula is C14H12ClF2N3O3. The summed E-state index contributed by atoms with van der Waals surface area (Å²) in [6.07, 6.45) is 1.75. The van der Waals surface area contributed by atoms with Gasteiger partial charge in [0, 0.05) is 24.2 Å². The van der Waals surface area contributed by atoms with Crippen LogP contribution in [0.4, 0.5) is 14.6 Å². The molecule has 0 atom stereocenters. The van der Waals surface area contributed by atoms with Crippen molar-refractivity contribution in [1.29, 1.82) is 0 Å². The van der Waals surface area contributed by atoms with Crippen molar-refractivity contribution in [2.24, 2.45) is 0 Å². The van der Waals surface area contributed by atoms with Gasteiger partial charge in [-0.25, -0.2) is 9.97 Å². The van der Waals surface area contributed by atoms with Crippen LogP contribution in [0.2, 0.25) is 5.15 Å². The van der Waals surface area contributed by atoms with E-state index in [4.69, 9.17) is 21.1 Å². The highest BCUT2D eigenvalue weighted by Crippen LogP contribution is 2.38. The van der Waals surface area contributed by atoms with E-state index in [2.05, 4.69) is 20.0 Å². The van der Waals surface area contributed by atoms with Gasteiger partial charge < -0.3 is 19.5 Å². The SMILES string of the molecule is FC(F)Oc1cc2c(cc1CCNc1cc(Cl)ncn1)OCO2. The average Bonchev–Trinajstić information content (AvgIpc) is 2.94. The second-order valence-electron chi connectivity index (χ2n) is 4.59. The Morgan fingerprint density at radius 3 is 2.74 bits per heavy atom. The molecule has 0 radical (unpaired) electrons. The molecule has 1 aliphatic heterocycles. The van der Waals surface area contributed by atoms with Gasteiger partial charge in [-0.2, -0.15) is 8.78 Å². The van der Waals surface area contributed by atoms with Crippen molar-refractivity contribution in [3.05, 3.63) is 35.2 Å². The summed E-state index contributed by atoms with van der Waals surface area (Å²) in [6, 6.07) is 4.61. The molecule has 2 aromatic rings. The highest BCUT2D eigenvalue weighted by atomic mass is 35.5. The van der Waals surface area contributed by atoms with Gasteiger partial charge >= 0.3 is 6.61 Å². The third-order valence-corrected chi connectivity index (χ3v) is 3.31. The number of halogens is 3. The van der Waals surface area contributed by atoms with Gasteiger partial charge in [0.1, 0.15) is 23.0 Å². The highest BCUT2D eigenvalue weighted by molar-refractivity contribution is 6.29. The summed E-state index contributed by atoms with van der Waals surface area (Å²) in [7, 11) is 0. The van der Waals surface area contributed by atoms with Crippen LogP contribution >= 0.6 is 11.6 Å². The molecule has 6 nitrogen and oxygen atoms in total. The maximum absolute atomic E-state index is 12.5. The summed E-state index contributed by atoms with van der Waals surface area (Å²) in [5, 5.41) is 3.34. The summed E-state index contributed by atoms with van der Waals surface area (Å²) in [5.74, 6) is 1.50. The summed E-state index contributed by atoms with van der Waals surface area (Å²) in [5.41, 5.74) is 0.571. The Kier molecular flexibility index (Phi) is 4.61. The van der Waals surface area contributed by atoms with Crippen LogP contribution in [-0.4, -0.2) is 29.9 Å². The van der Waals surface area contributed by atoms with E-state index in [-0.39, 0.29) is 12.5 Å². The van der Waals surface area contributed by atoms with Crippen molar-refractivity contribution in [3.8, 4) is 17.2 Å². The monoisotopic (exact) mass is 343 g/mol. The molecule has 1 N–H and O–H groups in total. The quantitative estimate of drug-likeness (QED) is 0.813. The van der Waals surface area contributed by atoms with Gasteiger partial charge in [0.15, 0.2) is 11.5 Å². The number of hydrogen-bond acceptors (Lipinski definition) is 6. The van der Waals surface area contributed by atoms with Crippen molar-refractivity contribution in [1.82, 2.24) is 9.97 Å². The Labute approximate surface area is 135 Å². The first-order chi connectivity index (χ1) is 11.1. The second-order valence-corrected chi connectivity index (χ2v) is 4.98. The van der Waals surface area contributed by atoms with Crippen LogP contribution in [0.3, 0.4) is 0 Å². The Morgan fingerprint density at radius 1 is 1.22 bits per heavy atom. The van der Waals surface area contributed by atoms with Crippen LogP contribution in [0.5, 0.6) is 17.2 Å². The second kappa shape index (κ2) is 6.82. The number of nitrogens with one attached hydrogen (secondary N) is 1. The molecule has 122 valence electrons. The molecular weight excluding hydrogens is 332 g/mol. The first kappa shape index (κ1) is 15.5. The van der Waals surface area contributed by atoms with Crippen LogP contribution in [0.1, 0.15) is 5.56 Å². The van der Waals surface area contributed by atoms with E-state index in [1.165, 1.54) is 12.4 Å². The fourth-order valence-corrected chi connectivity index (χ4v) is 2.27. The van der Waals surface area contributed by atoms with E-state index in [0.717, 1.165) is 0 Å². The van der Waals surface area contributed by atoms with Gasteiger partial charge in [-0.05, 0) is 12.5 Å². The predicted molar refractivity (Wildman–Crippen MR) is 78.4 cm³/mol. The molecule has 1 aromatic carbocycles. The number of benzene rings is 1. The topological polar surface area (TPSA) is 65.5 Å². The molecule has 23 heavy (non-hydrogen) atoms. The van der Waals surface area contributed by atoms with Crippen molar-refractivity contribution >= 4 is 17.4 Å². The maximum Gasteiger partial charge on any atom is 0.387 e. The highest BCUT2D eigenvalue weighted by Gasteiger charge is 2.19. The van der Waals surface area contributed by atoms with Crippen molar-refractivity contribution < 1.29 is 23.0 Å². The van der Waals surface area contributed by atoms with Crippen molar-refractivity contribution in [2.75, 3.05) is 18.7 Å². The number of fused-ring (bicyclic) bond motifs is 1. The van der Waals surface area contributed by atoms with E-state index in [9.17, 15) is 8.78 Å². The molecule has 9 heteroatoms. The maximum atomic E-state index is 12.5. The number of anilines is 1. The van der Waals surface area contributed by atoms with Crippen LogP contribution in [-0.2, 0) is 6.42 Å². The molecule has 0 saturated heterocycles. The molecule has 1 aromatic heterocycles. The third kappa shape index (κ3) is 3.89. The molecule has 0 fully saturated rings. The van der Waals surface area contributed by atoms with Crippen molar-refractivity contribution in [3.63, 3.8) is 0 Å². The lowest BCUT2D eigenvalue weighted by atomic mass is 10.1. The normalized spacial score (nSPS) is 12.5. The molecule has 0 unspecified atom stereocenters. The standard InChI is InChI=1S/C14H12ClF2N3O3/c15-12-5-13(20-6-19-12)18-2-1-8-3-10-11(22-7-21-10)4-9(8)23-14(16)17/h3-6,14H,1-2,7H2,(H,18,19,20). The molecule has 3 rings (SSSR count). The Hall–Kier alpha value is -2.35. The molecule has 0 bridgehead atoms. The number of hydrogen-bond donors (Lipinski definition) is 1. The zero-order valence-electron chi connectivity index (χ0n) is 11.8. The first-order valence-corrected chi connectivity index (χ1v) is 7.08. The third-order valence-electron chi connectivity index (χ3n) is 3.11. The van der Waals surface area contributed by atoms with Gasteiger partial charge in [-0.15, -0.1) is 0 Å². The average molecular weight is 344 g/mol. The molecule has 1 aliphatic rings. The van der Waals surface area contributed by atoms with E-state index in [1.807, 2.05) is 0 Å². The van der Waals surface area contributed by atoms with Gasteiger partial charge in [0.05, 0.1) is 0 Å². The van der Waals surface area contributed by atoms with Gasteiger partial charge in [0.2, 0.25) is 6.79 Å². The van der Waals surface area contributed by atoms with Crippen LogP contribution in [0, 0.1) is 0 Å². The van der Waals surface area contributed by atoms with Crippen LogP contribution < -0.4 is 19.5 Å². The Bertz CT molecular complexity index is 703. The minimum absolute atomic E-state index is 0.0601. The van der Waals surface area contributed by atoms with E-state index >= 15 is 0 Å². The lowest BCUT2D eigenvalue weighted by Gasteiger charge is -2.12. The number of nitrogens with zero attached hydrogens (tertiary/aromatic N) is 2. The van der Waals surface area contributed by atoms with Crippen molar-refractivity contribution in [2.45, 2.75) is 13.0 Å². The summed E-state index contributed by atoms with van der Waals surface area (Å²) < 4.78 is 40.1. The fraction of sp³-hybridized carbons (Fsp3) is 0.286. The lowest BCUT2D eigenvalue weighted by molar-refractivity contribution is -0.0504. The molecule has 0 saturated carbocycles. The molecule has 2 heterocycles. The number of aromatic nitrogens is 2. The van der Waals surface area contributed by atoms with Gasteiger partial charge in [-0.1, -0.05) is 11.6 Å². The fourth-order valence-electron chi connectivity index (χ4n) is 2.12. The van der Waals surface area contributed by atoms with Gasteiger partial charge in [0.25, 0.3) is 0 Å². The number of rotatable bonds is 6. The Morgan fingerprint density at radius 2 is 2.00 bits per heavy atom. The number of ether oxygens (including phenoxy) is 3. The first-order valence-electron chi connectivity index (χ1n) is 6.70. The van der Waals surface area contributed by atoms with E-state index in [1.54, 1.807) is 12.1 Å². The van der Waals surface area contributed by atoms with Crippen LogP contribution in [0.25, 0.3) is 0 Å².